The van der Waals surface area contributed by atoms with Crippen LogP contribution in [-0.2, 0) is 0 Å². The minimum absolute atomic E-state index is 0.148. The van der Waals surface area contributed by atoms with E-state index in [1.54, 1.807) is 18.3 Å². The Labute approximate surface area is 132 Å². The van der Waals surface area contributed by atoms with Gasteiger partial charge in [-0.15, -0.1) is 11.8 Å². The third kappa shape index (κ3) is 2.85. The van der Waals surface area contributed by atoms with Crippen molar-refractivity contribution in [2.24, 2.45) is 0 Å². The van der Waals surface area contributed by atoms with Crippen LogP contribution in [0.4, 0.5) is 0 Å². The number of carbonyl (C=O) groups is 1. The molecule has 0 fully saturated rings. The molecule has 22 heavy (non-hydrogen) atoms. The Kier molecular flexibility index (Phi) is 4.15. The van der Waals surface area contributed by atoms with E-state index >= 15 is 0 Å². The number of amides is 1. The smallest absolute Gasteiger partial charge is 0.254 e. The Balaban J connectivity index is 1.81. The number of fused-ring (bicyclic) bond motifs is 1. The van der Waals surface area contributed by atoms with Crippen molar-refractivity contribution in [3.8, 4) is 0 Å². The van der Waals surface area contributed by atoms with E-state index in [0.29, 0.717) is 5.56 Å². The zero-order valence-corrected chi connectivity index (χ0v) is 13.2. The molecule has 0 saturated carbocycles. The van der Waals surface area contributed by atoms with Gasteiger partial charge in [-0.05, 0) is 37.4 Å². The molecular weight excluding hydrogens is 296 g/mol. The van der Waals surface area contributed by atoms with E-state index in [1.165, 1.54) is 11.8 Å². The van der Waals surface area contributed by atoms with Crippen molar-refractivity contribution in [1.29, 1.82) is 0 Å². The Hall–Kier alpha value is -2.27. The van der Waals surface area contributed by atoms with Crippen LogP contribution in [0.3, 0.4) is 0 Å². The molecule has 2 heterocycles. The van der Waals surface area contributed by atoms with E-state index in [4.69, 9.17) is 4.42 Å². The Morgan fingerprint density at radius 2 is 2.09 bits per heavy atom. The minimum atomic E-state index is -0.213. The van der Waals surface area contributed by atoms with Gasteiger partial charge in [0.1, 0.15) is 16.4 Å². The molecule has 0 saturated heterocycles. The van der Waals surface area contributed by atoms with E-state index in [9.17, 15) is 4.79 Å². The van der Waals surface area contributed by atoms with Crippen LogP contribution in [-0.4, -0.2) is 17.1 Å². The summed E-state index contributed by atoms with van der Waals surface area (Å²) in [6.45, 7) is 1.91. The summed E-state index contributed by atoms with van der Waals surface area (Å²) in [5.41, 5.74) is 1.41. The second-order valence-corrected chi connectivity index (χ2v) is 5.74. The number of nitrogens with zero attached hydrogens (tertiary/aromatic N) is 1. The molecule has 112 valence electrons. The summed E-state index contributed by atoms with van der Waals surface area (Å²) >= 11 is 1.46. The van der Waals surface area contributed by atoms with E-state index in [0.717, 1.165) is 21.8 Å². The number of para-hydroxylation sites is 1. The van der Waals surface area contributed by atoms with Crippen molar-refractivity contribution in [2.75, 3.05) is 6.26 Å². The number of hydrogen-bond donors (Lipinski definition) is 1. The molecule has 0 bridgehead atoms. The Morgan fingerprint density at radius 1 is 1.27 bits per heavy atom. The summed E-state index contributed by atoms with van der Waals surface area (Å²) in [5, 5.41) is 4.71. The van der Waals surface area contributed by atoms with Gasteiger partial charge in [0.25, 0.3) is 5.91 Å². The summed E-state index contributed by atoms with van der Waals surface area (Å²) in [7, 11) is 0. The number of rotatable bonds is 4. The van der Waals surface area contributed by atoms with Crippen LogP contribution in [0.2, 0.25) is 0 Å². The van der Waals surface area contributed by atoms with Crippen LogP contribution in [0.25, 0.3) is 11.0 Å². The number of aromatic nitrogens is 1. The Morgan fingerprint density at radius 3 is 2.86 bits per heavy atom. The molecule has 1 N–H and O–H groups in total. The monoisotopic (exact) mass is 312 g/mol. The quantitative estimate of drug-likeness (QED) is 0.739. The van der Waals surface area contributed by atoms with Crippen LogP contribution in [0.1, 0.15) is 29.1 Å². The van der Waals surface area contributed by atoms with Crippen molar-refractivity contribution in [2.45, 2.75) is 18.0 Å². The molecule has 5 heteroatoms. The minimum Gasteiger partial charge on any atom is -0.459 e. The predicted octanol–water partition coefficient (Wildman–Crippen LogP) is 4.04. The lowest BCUT2D eigenvalue weighted by atomic mass is 10.2. The van der Waals surface area contributed by atoms with Crippen LogP contribution >= 0.6 is 11.8 Å². The fourth-order valence-electron chi connectivity index (χ4n) is 2.29. The lowest BCUT2D eigenvalue weighted by molar-refractivity contribution is 0.0932. The molecule has 0 aliphatic heterocycles. The van der Waals surface area contributed by atoms with Crippen molar-refractivity contribution in [3.63, 3.8) is 0 Å². The van der Waals surface area contributed by atoms with Gasteiger partial charge in [-0.1, -0.05) is 18.2 Å². The number of furan rings is 1. The third-order valence-electron chi connectivity index (χ3n) is 3.43. The molecule has 3 aromatic rings. The lowest BCUT2D eigenvalue weighted by Gasteiger charge is -2.12. The fraction of sp³-hybridized carbons (Fsp3) is 0.176. The molecule has 0 aliphatic carbocycles. The van der Waals surface area contributed by atoms with E-state index < -0.39 is 0 Å². The first-order chi connectivity index (χ1) is 10.7. The van der Waals surface area contributed by atoms with Crippen molar-refractivity contribution in [3.05, 3.63) is 60.0 Å². The molecule has 0 unspecified atom stereocenters. The summed E-state index contributed by atoms with van der Waals surface area (Å²) in [6.07, 6.45) is 3.59. The third-order valence-corrected chi connectivity index (χ3v) is 4.14. The van der Waals surface area contributed by atoms with E-state index in [-0.39, 0.29) is 11.9 Å². The molecule has 1 atom stereocenters. The largest absolute Gasteiger partial charge is 0.459 e. The number of benzene rings is 1. The average Bonchev–Trinajstić information content (AvgIpc) is 2.99. The highest BCUT2D eigenvalue weighted by atomic mass is 32.2. The van der Waals surface area contributed by atoms with Gasteiger partial charge in [-0.3, -0.25) is 4.79 Å². The van der Waals surface area contributed by atoms with Gasteiger partial charge in [0.05, 0.1) is 11.6 Å². The van der Waals surface area contributed by atoms with Crippen LogP contribution < -0.4 is 5.32 Å². The lowest BCUT2D eigenvalue weighted by Crippen LogP contribution is -2.27. The standard InChI is InChI=1S/C17H16N2O2S/c1-11(15-10-12-6-3-4-8-14(12)21-15)19-16(20)13-7-5-9-18-17(13)22-2/h3-11H,1-2H3,(H,19,20)/t11-/m0/s1. The molecule has 0 aliphatic rings. The average molecular weight is 312 g/mol. The summed E-state index contributed by atoms with van der Waals surface area (Å²) in [4.78, 5) is 16.6. The van der Waals surface area contributed by atoms with Crippen molar-refractivity contribution >= 4 is 28.6 Å². The summed E-state index contributed by atoms with van der Waals surface area (Å²) in [5.74, 6) is 0.592. The van der Waals surface area contributed by atoms with Gasteiger partial charge in [-0.2, -0.15) is 0 Å². The predicted molar refractivity (Wildman–Crippen MR) is 88.1 cm³/mol. The number of pyridine rings is 1. The first kappa shape index (κ1) is 14.7. The number of carbonyl (C=O) groups excluding carboxylic acids is 1. The van der Waals surface area contributed by atoms with Gasteiger partial charge >= 0.3 is 0 Å². The molecule has 1 aromatic carbocycles. The SMILES string of the molecule is CSc1ncccc1C(=O)N[C@@H](C)c1cc2ccccc2o1. The highest BCUT2D eigenvalue weighted by Gasteiger charge is 2.17. The molecule has 4 nitrogen and oxygen atoms in total. The van der Waals surface area contributed by atoms with E-state index in [2.05, 4.69) is 10.3 Å². The van der Waals surface area contributed by atoms with Gasteiger partial charge in [0, 0.05) is 11.6 Å². The van der Waals surface area contributed by atoms with Gasteiger partial charge in [0.2, 0.25) is 0 Å². The van der Waals surface area contributed by atoms with Gasteiger partial charge in [0.15, 0.2) is 0 Å². The normalized spacial score (nSPS) is 12.3. The summed E-state index contributed by atoms with van der Waals surface area (Å²) < 4.78 is 5.79. The van der Waals surface area contributed by atoms with Crippen LogP contribution in [0, 0.1) is 0 Å². The maximum Gasteiger partial charge on any atom is 0.254 e. The maximum absolute atomic E-state index is 12.4. The highest BCUT2D eigenvalue weighted by molar-refractivity contribution is 7.98. The van der Waals surface area contributed by atoms with Crippen LogP contribution in [0.15, 0.2) is 58.1 Å². The first-order valence-electron chi connectivity index (χ1n) is 6.97. The second kappa shape index (κ2) is 6.23. The zero-order chi connectivity index (χ0) is 15.5. The zero-order valence-electron chi connectivity index (χ0n) is 12.4. The number of hydrogen-bond acceptors (Lipinski definition) is 4. The van der Waals surface area contributed by atoms with Crippen LogP contribution in [0.5, 0.6) is 0 Å². The van der Waals surface area contributed by atoms with Crippen molar-refractivity contribution in [1.82, 2.24) is 10.3 Å². The molecule has 0 radical (unpaired) electrons. The number of thioether (sulfide) groups is 1. The fourth-order valence-corrected chi connectivity index (χ4v) is 2.83. The maximum atomic E-state index is 12.4. The molecule has 0 spiro atoms. The Bertz CT molecular complexity index is 780. The summed E-state index contributed by atoms with van der Waals surface area (Å²) in [6, 6.07) is 13.1. The van der Waals surface area contributed by atoms with Crippen molar-refractivity contribution < 1.29 is 9.21 Å². The number of nitrogens with one attached hydrogen (secondary N) is 1. The molecular formula is C17H16N2O2S. The van der Waals surface area contributed by atoms with Gasteiger partial charge in [-0.25, -0.2) is 4.98 Å². The van der Waals surface area contributed by atoms with E-state index in [1.807, 2.05) is 43.5 Å². The molecule has 1 amide bonds. The molecule has 3 rings (SSSR count). The topological polar surface area (TPSA) is 55.1 Å². The first-order valence-corrected chi connectivity index (χ1v) is 8.20. The highest BCUT2D eigenvalue weighted by Crippen LogP contribution is 2.24. The second-order valence-electron chi connectivity index (χ2n) is 4.94. The molecule has 2 aromatic heterocycles. The van der Waals surface area contributed by atoms with Gasteiger partial charge < -0.3 is 9.73 Å².